The Balaban J connectivity index is 0.00000320. The van der Waals surface area contributed by atoms with E-state index in [0.29, 0.717) is 12.0 Å². The molecule has 0 aliphatic carbocycles. The minimum absolute atomic E-state index is 0. The van der Waals surface area contributed by atoms with Crippen LogP contribution in [0.15, 0.2) is 22.5 Å². The Kier molecular flexibility index (Phi) is 12.5. The van der Waals surface area contributed by atoms with E-state index in [-0.39, 0.29) is 30.1 Å². The van der Waals surface area contributed by atoms with E-state index in [1.165, 1.54) is 4.88 Å². The second kappa shape index (κ2) is 14.6. The van der Waals surface area contributed by atoms with E-state index in [0.717, 1.165) is 78.0 Å². The molecule has 0 aromatic carbocycles. The zero-order chi connectivity index (χ0) is 20.3. The highest BCUT2D eigenvalue weighted by Crippen LogP contribution is 2.26. The van der Waals surface area contributed by atoms with Crippen molar-refractivity contribution >= 4 is 41.3 Å². The minimum Gasteiger partial charge on any atom is -0.381 e. The van der Waals surface area contributed by atoms with Crippen LogP contribution in [0.5, 0.6) is 0 Å². The summed E-state index contributed by atoms with van der Waals surface area (Å²) in [4.78, 5) is 8.28. The summed E-state index contributed by atoms with van der Waals surface area (Å²) in [5.74, 6) is 1.42. The minimum atomic E-state index is 0. The third-order valence-electron chi connectivity index (χ3n) is 5.41. The molecule has 1 aromatic heterocycles. The molecule has 0 bridgehead atoms. The Morgan fingerprint density at radius 1 is 1.40 bits per heavy atom. The first-order valence-electron chi connectivity index (χ1n) is 10.8. The smallest absolute Gasteiger partial charge is 0.191 e. The molecule has 2 aliphatic heterocycles. The summed E-state index contributed by atoms with van der Waals surface area (Å²) in [6.45, 7) is 9.84. The van der Waals surface area contributed by atoms with Gasteiger partial charge in [-0.25, -0.2) is 0 Å². The first kappa shape index (κ1) is 25.8. The maximum absolute atomic E-state index is 5.77. The molecule has 2 N–H and O–H groups in total. The quantitative estimate of drug-likeness (QED) is 0.202. The zero-order valence-electron chi connectivity index (χ0n) is 18.2. The second-order valence-electron chi connectivity index (χ2n) is 7.75. The monoisotopic (exact) mass is 552 g/mol. The molecule has 3 unspecified atom stereocenters. The predicted octanol–water partition coefficient (Wildman–Crippen LogP) is 2.74. The molecule has 0 saturated carbocycles. The third-order valence-corrected chi connectivity index (χ3v) is 6.38. The molecule has 0 amide bonds. The Labute approximate surface area is 202 Å². The van der Waals surface area contributed by atoms with Crippen molar-refractivity contribution < 1.29 is 14.2 Å². The number of nitrogens with zero attached hydrogens (tertiary/aromatic N) is 2. The number of halogens is 1. The lowest BCUT2D eigenvalue weighted by Crippen LogP contribution is -2.48. The van der Waals surface area contributed by atoms with Crippen LogP contribution in [0.4, 0.5) is 0 Å². The van der Waals surface area contributed by atoms with Crippen molar-refractivity contribution in [3.05, 3.63) is 22.4 Å². The van der Waals surface area contributed by atoms with Gasteiger partial charge in [0.15, 0.2) is 5.96 Å². The van der Waals surface area contributed by atoms with Gasteiger partial charge in [-0.2, -0.15) is 0 Å². The fourth-order valence-electron chi connectivity index (χ4n) is 3.78. The van der Waals surface area contributed by atoms with E-state index in [4.69, 9.17) is 14.2 Å². The van der Waals surface area contributed by atoms with E-state index >= 15 is 0 Å². The first-order valence-corrected chi connectivity index (χ1v) is 11.6. The molecule has 7 nitrogen and oxygen atoms in total. The van der Waals surface area contributed by atoms with Gasteiger partial charge < -0.3 is 24.8 Å². The molecule has 9 heteroatoms. The molecule has 3 heterocycles. The van der Waals surface area contributed by atoms with Crippen LogP contribution in [0.25, 0.3) is 0 Å². The zero-order valence-corrected chi connectivity index (χ0v) is 21.3. The van der Waals surface area contributed by atoms with Crippen LogP contribution < -0.4 is 10.6 Å². The largest absolute Gasteiger partial charge is 0.381 e. The molecule has 3 atom stereocenters. The van der Waals surface area contributed by atoms with Crippen LogP contribution >= 0.6 is 35.3 Å². The van der Waals surface area contributed by atoms with Crippen molar-refractivity contribution in [2.24, 2.45) is 10.9 Å². The third kappa shape index (κ3) is 8.58. The summed E-state index contributed by atoms with van der Waals surface area (Å²) in [5, 5.41) is 9.07. The molecule has 0 spiro atoms. The van der Waals surface area contributed by atoms with Crippen LogP contribution in [0, 0.1) is 5.92 Å². The van der Waals surface area contributed by atoms with Gasteiger partial charge in [0, 0.05) is 57.2 Å². The van der Waals surface area contributed by atoms with E-state index in [1.54, 1.807) is 0 Å². The molecular formula is C21H37IN4O3S. The SMILES string of the molecule is CN=C(NCCCOCC1CCOC1)NCC(c1cccs1)N1CCOC(C)C1.I. The Morgan fingerprint density at radius 2 is 2.30 bits per heavy atom. The number of rotatable bonds is 10. The van der Waals surface area contributed by atoms with Gasteiger partial charge in [0.1, 0.15) is 0 Å². The van der Waals surface area contributed by atoms with Gasteiger partial charge in [0.05, 0.1) is 32.0 Å². The summed E-state index contributed by atoms with van der Waals surface area (Å²) < 4.78 is 16.9. The van der Waals surface area contributed by atoms with Crippen LogP contribution in [-0.4, -0.2) is 83.2 Å². The fraction of sp³-hybridized carbons (Fsp3) is 0.762. The lowest BCUT2D eigenvalue weighted by atomic mass is 10.1. The van der Waals surface area contributed by atoms with Gasteiger partial charge in [-0.05, 0) is 31.2 Å². The second-order valence-corrected chi connectivity index (χ2v) is 8.72. The molecule has 172 valence electrons. The summed E-state index contributed by atoms with van der Waals surface area (Å²) in [6, 6.07) is 4.68. The van der Waals surface area contributed by atoms with E-state index < -0.39 is 0 Å². The normalized spacial score (nSPS) is 23.7. The Bertz CT molecular complexity index is 599. The van der Waals surface area contributed by atoms with Crippen molar-refractivity contribution in [2.45, 2.75) is 31.9 Å². The Hall–Kier alpha value is -0.460. The van der Waals surface area contributed by atoms with Gasteiger partial charge in [-0.1, -0.05) is 6.07 Å². The van der Waals surface area contributed by atoms with Crippen LogP contribution in [0.2, 0.25) is 0 Å². The van der Waals surface area contributed by atoms with Crippen LogP contribution in [-0.2, 0) is 14.2 Å². The number of ether oxygens (including phenoxy) is 3. The summed E-state index contributed by atoms with van der Waals surface area (Å²) >= 11 is 1.81. The van der Waals surface area contributed by atoms with E-state index in [9.17, 15) is 0 Å². The summed E-state index contributed by atoms with van der Waals surface area (Å²) in [6.07, 6.45) is 2.37. The van der Waals surface area contributed by atoms with Crippen molar-refractivity contribution in [3.8, 4) is 0 Å². The lowest BCUT2D eigenvalue weighted by Gasteiger charge is -2.37. The molecule has 0 radical (unpaired) electrons. The van der Waals surface area contributed by atoms with Gasteiger partial charge in [-0.3, -0.25) is 9.89 Å². The molecule has 3 rings (SSSR count). The molecular weight excluding hydrogens is 515 g/mol. The summed E-state index contributed by atoms with van der Waals surface area (Å²) in [5.41, 5.74) is 0. The van der Waals surface area contributed by atoms with Crippen molar-refractivity contribution in [2.75, 3.05) is 66.3 Å². The average molecular weight is 553 g/mol. The fourth-order valence-corrected chi connectivity index (χ4v) is 4.64. The van der Waals surface area contributed by atoms with Crippen LogP contribution in [0.1, 0.15) is 30.7 Å². The van der Waals surface area contributed by atoms with Crippen molar-refractivity contribution in [1.82, 2.24) is 15.5 Å². The summed E-state index contributed by atoms with van der Waals surface area (Å²) in [7, 11) is 1.82. The molecule has 2 fully saturated rings. The molecule has 1 aromatic rings. The van der Waals surface area contributed by atoms with Gasteiger partial charge in [0.25, 0.3) is 0 Å². The lowest BCUT2D eigenvalue weighted by molar-refractivity contribution is -0.0334. The highest BCUT2D eigenvalue weighted by molar-refractivity contribution is 14.0. The standard InChI is InChI=1S/C21H36N4O3S.HI/c1-17-14-25(8-11-28-17)19(20-5-3-12-29-20)13-24-21(22-2)23-7-4-9-26-15-18-6-10-27-16-18;/h3,5,12,17-19H,4,6-11,13-16H2,1-2H3,(H2,22,23,24);1H. The topological polar surface area (TPSA) is 67.4 Å². The highest BCUT2D eigenvalue weighted by atomic mass is 127. The predicted molar refractivity (Wildman–Crippen MR) is 133 cm³/mol. The highest BCUT2D eigenvalue weighted by Gasteiger charge is 2.26. The number of aliphatic imine (C=N–C) groups is 1. The van der Waals surface area contributed by atoms with E-state index in [1.807, 2.05) is 18.4 Å². The first-order chi connectivity index (χ1) is 14.3. The maximum atomic E-state index is 5.77. The number of thiophene rings is 1. The van der Waals surface area contributed by atoms with Gasteiger partial charge in [-0.15, -0.1) is 35.3 Å². The average Bonchev–Trinajstić information content (AvgIpc) is 3.43. The number of hydrogen-bond acceptors (Lipinski definition) is 6. The van der Waals surface area contributed by atoms with Crippen molar-refractivity contribution in [1.29, 1.82) is 0 Å². The van der Waals surface area contributed by atoms with E-state index in [2.05, 4.69) is 45.0 Å². The number of guanidine groups is 1. The number of nitrogens with one attached hydrogen (secondary N) is 2. The van der Waals surface area contributed by atoms with Gasteiger partial charge >= 0.3 is 0 Å². The van der Waals surface area contributed by atoms with Crippen molar-refractivity contribution in [3.63, 3.8) is 0 Å². The van der Waals surface area contributed by atoms with Gasteiger partial charge in [0.2, 0.25) is 0 Å². The molecule has 2 aliphatic rings. The Morgan fingerprint density at radius 3 is 3.00 bits per heavy atom. The maximum Gasteiger partial charge on any atom is 0.191 e. The number of hydrogen-bond donors (Lipinski definition) is 2. The molecule has 30 heavy (non-hydrogen) atoms. The number of morpholine rings is 1. The van der Waals surface area contributed by atoms with Crippen LogP contribution in [0.3, 0.4) is 0 Å². The molecule has 2 saturated heterocycles.